The summed E-state index contributed by atoms with van der Waals surface area (Å²) in [5, 5.41) is 27.4. The molecule has 0 amide bonds. The van der Waals surface area contributed by atoms with Gasteiger partial charge in [0.1, 0.15) is 25.0 Å². The number of nitrogens with two attached hydrogens (primary N) is 1. The third-order valence-electron chi connectivity index (χ3n) is 6.60. The number of ether oxygens (including phenoxy) is 3. The number of carbonyl (C=O) groups excluding carboxylic acids is 2. The topological polar surface area (TPSA) is 242 Å². The summed E-state index contributed by atoms with van der Waals surface area (Å²) in [6.07, 6.45) is 0.200. The van der Waals surface area contributed by atoms with Crippen molar-refractivity contribution in [3.8, 4) is 0 Å². The average Bonchev–Trinajstić information content (AvgIpc) is 3.43. The molecule has 0 saturated heterocycles. The summed E-state index contributed by atoms with van der Waals surface area (Å²) in [5.74, 6) is -2.69. The van der Waals surface area contributed by atoms with Gasteiger partial charge in [-0.1, -0.05) is 27.7 Å². The number of nitrogens with one attached hydrogen (secondary N) is 3. The first kappa shape index (κ1) is 34.0. The summed E-state index contributed by atoms with van der Waals surface area (Å²) in [6.45, 7) is 7.94. The molecule has 0 bridgehead atoms. The number of esters is 2. The molecule has 7 N–H and O–H groups in total. The summed E-state index contributed by atoms with van der Waals surface area (Å²) in [5.41, 5.74) is 2.84. The Morgan fingerprint density at radius 2 is 1.70 bits per heavy atom. The van der Waals surface area contributed by atoms with Gasteiger partial charge in [-0.15, -0.1) is 0 Å². The minimum atomic E-state index is -4.33. The molecule has 4 atom stereocenters. The van der Waals surface area contributed by atoms with Crippen LogP contribution >= 0.6 is 7.67 Å². The van der Waals surface area contributed by atoms with Crippen molar-refractivity contribution in [2.24, 2.45) is 11.8 Å². The molecular formula is C25H40N7O10P. The molecule has 0 fully saturated rings. The van der Waals surface area contributed by atoms with Crippen LogP contribution in [0.25, 0.3) is 11.2 Å². The number of aliphatic hydroxyl groups excluding tert-OH is 1. The van der Waals surface area contributed by atoms with E-state index in [-0.39, 0.29) is 47.5 Å². The van der Waals surface area contributed by atoms with E-state index in [1.807, 2.05) is 27.7 Å². The summed E-state index contributed by atoms with van der Waals surface area (Å²) >= 11 is 0. The standard InChI is InChI=1S/C25H40N7O10P/c1-12(2)8-14(21(35)39-6)30-43(38,31-15(9-13(3)4)22(36)40-7)41-10-16-18(33)25(5,37)23(42-16)32-11-27-17-19(32)28-24(26)29-20(17)34/h11-15,23,33,37H,8-10H2,1-7H3,(H2,30,31,38)(H3,26,28,29,34)/t14?,15?,23-,25?,43?/m1/s1. The van der Waals surface area contributed by atoms with Crippen molar-refractivity contribution in [3.63, 3.8) is 0 Å². The summed E-state index contributed by atoms with van der Waals surface area (Å²) in [7, 11) is -1.97. The second kappa shape index (κ2) is 13.4. The van der Waals surface area contributed by atoms with Crippen molar-refractivity contribution in [3.05, 3.63) is 28.2 Å². The van der Waals surface area contributed by atoms with E-state index in [9.17, 15) is 29.2 Å². The van der Waals surface area contributed by atoms with Crippen LogP contribution in [0.3, 0.4) is 0 Å². The molecule has 3 heterocycles. The Labute approximate surface area is 247 Å². The van der Waals surface area contributed by atoms with Crippen LogP contribution < -0.4 is 21.5 Å². The quantitative estimate of drug-likeness (QED) is 0.127. The van der Waals surface area contributed by atoms with Crippen molar-refractivity contribution in [1.29, 1.82) is 0 Å². The first-order chi connectivity index (χ1) is 20.0. The van der Waals surface area contributed by atoms with E-state index in [2.05, 4.69) is 25.1 Å². The second-order valence-electron chi connectivity index (χ2n) is 11.2. The number of rotatable bonds is 14. The van der Waals surface area contributed by atoms with Gasteiger partial charge in [-0.05, 0) is 31.6 Å². The minimum absolute atomic E-state index is 0.0280. The number of hydrogen-bond acceptors (Lipinski definition) is 13. The monoisotopic (exact) mass is 629 g/mol. The minimum Gasteiger partial charge on any atom is -0.506 e. The number of aliphatic hydroxyl groups is 2. The lowest BCUT2D eigenvalue weighted by Gasteiger charge is -2.29. The molecule has 0 spiro atoms. The van der Waals surface area contributed by atoms with Crippen LogP contribution in [0.4, 0.5) is 5.95 Å². The number of methoxy groups -OCH3 is 2. The third kappa shape index (κ3) is 7.72. The van der Waals surface area contributed by atoms with Gasteiger partial charge in [-0.25, -0.2) is 15.2 Å². The summed E-state index contributed by atoms with van der Waals surface area (Å²) in [6, 6.07) is -2.20. The van der Waals surface area contributed by atoms with E-state index < -0.39 is 61.4 Å². The number of imidazole rings is 1. The number of carbonyl (C=O) groups is 2. The maximum atomic E-state index is 14.3. The lowest BCUT2D eigenvalue weighted by molar-refractivity contribution is -0.143. The van der Waals surface area contributed by atoms with Crippen molar-refractivity contribution < 1.29 is 43.1 Å². The Balaban J connectivity index is 1.95. The Morgan fingerprint density at radius 1 is 1.16 bits per heavy atom. The molecule has 0 aliphatic carbocycles. The maximum Gasteiger partial charge on any atom is 0.342 e. The predicted octanol–water partition coefficient (Wildman–Crippen LogP) is 1.23. The normalized spacial score (nSPS) is 21.6. The van der Waals surface area contributed by atoms with Crippen LogP contribution in [0.2, 0.25) is 0 Å². The molecule has 43 heavy (non-hydrogen) atoms. The van der Waals surface area contributed by atoms with E-state index >= 15 is 0 Å². The Kier molecular flexibility index (Phi) is 10.6. The molecule has 0 radical (unpaired) electrons. The molecule has 3 rings (SSSR count). The molecule has 18 heteroatoms. The highest BCUT2D eigenvalue weighted by Gasteiger charge is 2.49. The Hall–Kier alpha value is -3.50. The zero-order valence-corrected chi connectivity index (χ0v) is 26.0. The molecule has 2 aromatic heterocycles. The van der Waals surface area contributed by atoms with Crippen molar-refractivity contribution in [2.45, 2.75) is 71.4 Å². The number of H-pyrrole nitrogens is 1. The van der Waals surface area contributed by atoms with Gasteiger partial charge in [0.25, 0.3) is 5.56 Å². The van der Waals surface area contributed by atoms with Gasteiger partial charge in [0.15, 0.2) is 28.3 Å². The van der Waals surface area contributed by atoms with Gasteiger partial charge in [0, 0.05) is 0 Å². The number of nitrogen functional groups attached to an aromatic ring is 1. The van der Waals surface area contributed by atoms with Crippen molar-refractivity contribution in [1.82, 2.24) is 29.7 Å². The Bertz CT molecular complexity index is 1430. The average molecular weight is 630 g/mol. The molecule has 0 saturated carbocycles. The van der Waals surface area contributed by atoms with Crippen LogP contribution in [-0.2, 0) is 32.9 Å². The number of aromatic amines is 1. The third-order valence-corrected chi connectivity index (χ3v) is 8.39. The lowest BCUT2D eigenvalue weighted by atomic mass is 10.0. The number of fused-ring (bicyclic) bond motifs is 1. The van der Waals surface area contributed by atoms with Crippen LogP contribution in [0, 0.1) is 11.8 Å². The molecule has 240 valence electrons. The molecular weight excluding hydrogens is 589 g/mol. The fourth-order valence-corrected chi connectivity index (χ4v) is 6.32. The molecule has 1 aliphatic rings. The molecule has 1 aliphatic heterocycles. The molecule has 2 aromatic rings. The second-order valence-corrected chi connectivity index (χ2v) is 13.0. The van der Waals surface area contributed by atoms with Crippen LogP contribution in [0.1, 0.15) is 53.7 Å². The van der Waals surface area contributed by atoms with E-state index in [1.165, 1.54) is 32.0 Å². The predicted molar refractivity (Wildman–Crippen MR) is 153 cm³/mol. The van der Waals surface area contributed by atoms with E-state index in [0.29, 0.717) is 0 Å². The number of nitrogens with zero attached hydrogens (tertiary/aromatic N) is 3. The lowest BCUT2D eigenvalue weighted by Crippen LogP contribution is -2.45. The van der Waals surface area contributed by atoms with Gasteiger partial charge >= 0.3 is 19.6 Å². The SMILES string of the molecule is COC(=O)C(CC(C)C)NP(=O)(NC(CC(C)C)C(=O)OC)OCC1=C(O)C(C)(O)[C@H](n2cnc3c(=O)[nH]c(N)nc32)O1. The summed E-state index contributed by atoms with van der Waals surface area (Å²) < 4.78 is 36.8. The first-order valence-corrected chi connectivity index (χ1v) is 15.1. The Morgan fingerprint density at radius 3 is 2.19 bits per heavy atom. The highest BCUT2D eigenvalue weighted by Crippen LogP contribution is 2.45. The number of hydrogen-bond donors (Lipinski definition) is 6. The summed E-state index contributed by atoms with van der Waals surface area (Å²) in [4.78, 5) is 47.7. The highest BCUT2D eigenvalue weighted by atomic mass is 31.2. The largest absolute Gasteiger partial charge is 0.506 e. The van der Waals surface area contributed by atoms with Crippen LogP contribution in [0.15, 0.2) is 22.6 Å². The maximum absolute atomic E-state index is 14.3. The molecule has 17 nitrogen and oxygen atoms in total. The fraction of sp³-hybridized carbons (Fsp3) is 0.640. The first-order valence-electron chi connectivity index (χ1n) is 13.5. The fourth-order valence-electron chi connectivity index (χ4n) is 4.55. The molecule has 3 unspecified atom stereocenters. The van der Waals surface area contributed by atoms with Crippen molar-refractivity contribution in [2.75, 3.05) is 26.6 Å². The van der Waals surface area contributed by atoms with Gasteiger partial charge < -0.3 is 30.2 Å². The van der Waals surface area contributed by atoms with Gasteiger partial charge in [-0.2, -0.15) is 4.98 Å². The van der Waals surface area contributed by atoms with E-state index in [1.54, 1.807) is 0 Å². The van der Waals surface area contributed by atoms with Crippen molar-refractivity contribution >= 4 is 36.7 Å². The van der Waals surface area contributed by atoms with E-state index in [0.717, 1.165) is 0 Å². The number of aromatic nitrogens is 4. The molecule has 0 aromatic carbocycles. The zero-order valence-electron chi connectivity index (χ0n) is 25.1. The highest BCUT2D eigenvalue weighted by molar-refractivity contribution is 7.54. The smallest absolute Gasteiger partial charge is 0.342 e. The van der Waals surface area contributed by atoms with Gasteiger partial charge in [0.05, 0.1) is 14.2 Å². The van der Waals surface area contributed by atoms with Crippen LogP contribution in [0.5, 0.6) is 0 Å². The van der Waals surface area contributed by atoms with E-state index in [4.69, 9.17) is 24.5 Å². The van der Waals surface area contributed by atoms with Gasteiger partial charge in [0.2, 0.25) is 12.2 Å². The van der Waals surface area contributed by atoms with Crippen LogP contribution in [-0.4, -0.2) is 80.2 Å². The number of anilines is 1. The zero-order chi connectivity index (χ0) is 32.3. The van der Waals surface area contributed by atoms with Gasteiger partial charge in [-0.3, -0.25) is 33.0 Å².